The SMILES string of the molecule is CCC(C)(C)OCCCNc1ccccc1. The zero-order valence-corrected chi connectivity index (χ0v) is 10.6. The van der Waals surface area contributed by atoms with E-state index in [1.165, 1.54) is 5.69 Å². The first-order valence-corrected chi connectivity index (χ1v) is 6.07. The van der Waals surface area contributed by atoms with Gasteiger partial charge in [0.25, 0.3) is 0 Å². The number of para-hydroxylation sites is 1. The van der Waals surface area contributed by atoms with E-state index in [-0.39, 0.29) is 5.60 Å². The van der Waals surface area contributed by atoms with E-state index in [4.69, 9.17) is 4.74 Å². The maximum absolute atomic E-state index is 5.78. The summed E-state index contributed by atoms with van der Waals surface area (Å²) in [5.41, 5.74) is 1.20. The fraction of sp³-hybridized carbons (Fsp3) is 0.571. The van der Waals surface area contributed by atoms with Crippen LogP contribution in [0.4, 0.5) is 5.69 Å². The highest BCUT2D eigenvalue weighted by Gasteiger charge is 2.14. The Morgan fingerprint density at radius 2 is 1.88 bits per heavy atom. The third-order valence-corrected chi connectivity index (χ3v) is 2.77. The van der Waals surface area contributed by atoms with Crippen LogP contribution in [0.1, 0.15) is 33.6 Å². The van der Waals surface area contributed by atoms with E-state index >= 15 is 0 Å². The second kappa shape index (κ2) is 6.54. The van der Waals surface area contributed by atoms with Crippen molar-refractivity contribution < 1.29 is 4.74 Å². The van der Waals surface area contributed by atoms with Crippen molar-refractivity contribution in [2.45, 2.75) is 39.2 Å². The molecule has 16 heavy (non-hydrogen) atoms. The molecule has 0 aliphatic heterocycles. The summed E-state index contributed by atoms with van der Waals surface area (Å²) < 4.78 is 5.78. The molecule has 0 unspecified atom stereocenters. The molecule has 1 N–H and O–H groups in total. The molecule has 0 bridgehead atoms. The summed E-state index contributed by atoms with van der Waals surface area (Å²) in [5.74, 6) is 0. The summed E-state index contributed by atoms with van der Waals surface area (Å²) in [7, 11) is 0. The number of hydrogen-bond donors (Lipinski definition) is 1. The van der Waals surface area contributed by atoms with Crippen molar-refractivity contribution in [3.05, 3.63) is 30.3 Å². The Hall–Kier alpha value is -1.02. The van der Waals surface area contributed by atoms with Gasteiger partial charge in [-0.2, -0.15) is 0 Å². The van der Waals surface area contributed by atoms with Gasteiger partial charge in [-0.15, -0.1) is 0 Å². The van der Waals surface area contributed by atoms with Gasteiger partial charge in [0, 0.05) is 18.8 Å². The Kier molecular flexibility index (Phi) is 5.33. The first kappa shape index (κ1) is 13.0. The molecule has 1 aromatic rings. The van der Waals surface area contributed by atoms with E-state index in [2.05, 4.69) is 38.2 Å². The molecule has 90 valence electrons. The lowest BCUT2D eigenvalue weighted by molar-refractivity contribution is -0.0199. The van der Waals surface area contributed by atoms with E-state index < -0.39 is 0 Å². The van der Waals surface area contributed by atoms with Gasteiger partial charge in [-0.05, 0) is 38.8 Å². The highest BCUT2D eigenvalue weighted by Crippen LogP contribution is 2.13. The van der Waals surface area contributed by atoms with Crippen LogP contribution in [-0.2, 0) is 4.74 Å². The molecule has 2 nitrogen and oxygen atoms in total. The monoisotopic (exact) mass is 221 g/mol. The largest absolute Gasteiger partial charge is 0.385 e. The van der Waals surface area contributed by atoms with Crippen LogP contribution in [0.5, 0.6) is 0 Å². The molecule has 0 atom stereocenters. The Labute approximate surface area is 99.0 Å². The van der Waals surface area contributed by atoms with Gasteiger partial charge in [0.2, 0.25) is 0 Å². The molecule has 1 aromatic carbocycles. The molecular formula is C14H23NO. The topological polar surface area (TPSA) is 21.3 Å². The zero-order valence-electron chi connectivity index (χ0n) is 10.6. The van der Waals surface area contributed by atoms with Crippen LogP contribution >= 0.6 is 0 Å². The first-order valence-electron chi connectivity index (χ1n) is 6.07. The average molecular weight is 221 g/mol. The fourth-order valence-corrected chi connectivity index (χ4v) is 1.31. The minimum absolute atomic E-state index is 0.0206. The van der Waals surface area contributed by atoms with Crippen LogP contribution < -0.4 is 5.32 Å². The molecule has 0 aliphatic rings. The molecule has 0 saturated heterocycles. The second-order valence-electron chi connectivity index (χ2n) is 4.61. The van der Waals surface area contributed by atoms with Gasteiger partial charge in [-0.3, -0.25) is 0 Å². The number of rotatable bonds is 7. The molecule has 0 radical (unpaired) electrons. The van der Waals surface area contributed by atoms with Crippen LogP contribution in [-0.4, -0.2) is 18.8 Å². The standard InChI is InChI=1S/C14H23NO/c1-4-14(2,3)16-12-8-11-15-13-9-6-5-7-10-13/h5-7,9-10,15H,4,8,11-12H2,1-3H3. The molecule has 2 heteroatoms. The molecule has 0 aliphatic carbocycles. The van der Waals surface area contributed by atoms with Gasteiger partial charge in [0.05, 0.1) is 5.60 Å². The summed E-state index contributed by atoms with van der Waals surface area (Å²) in [4.78, 5) is 0. The third kappa shape index (κ3) is 5.17. The van der Waals surface area contributed by atoms with E-state index in [0.29, 0.717) is 0 Å². The number of ether oxygens (including phenoxy) is 1. The van der Waals surface area contributed by atoms with E-state index in [1.54, 1.807) is 0 Å². The lowest BCUT2D eigenvalue weighted by Crippen LogP contribution is -2.24. The molecule has 0 spiro atoms. The van der Waals surface area contributed by atoms with Crippen molar-refractivity contribution in [3.63, 3.8) is 0 Å². The maximum Gasteiger partial charge on any atom is 0.0623 e. The Balaban J connectivity index is 2.09. The van der Waals surface area contributed by atoms with Crippen molar-refractivity contribution in [2.75, 3.05) is 18.5 Å². The van der Waals surface area contributed by atoms with Gasteiger partial charge in [-0.25, -0.2) is 0 Å². The molecular weight excluding hydrogens is 198 g/mol. The van der Waals surface area contributed by atoms with E-state index in [9.17, 15) is 0 Å². The first-order chi connectivity index (χ1) is 7.64. The predicted molar refractivity (Wildman–Crippen MR) is 69.9 cm³/mol. The van der Waals surface area contributed by atoms with Crippen molar-refractivity contribution in [1.82, 2.24) is 0 Å². The fourth-order valence-electron chi connectivity index (χ4n) is 1.31. The minimum Gasteiger partial charge on any atom is -0.385 e. The quantitative estimate of drug-likeness (QED) is 0.709. The lowest BCUT2D eigenvalue weighted by atomic mass is 10.1. The van der Waals surface area contributed by atoms with Crippen LogP contribution in [0.15, 0.2) is 30.3 Å². The summed E-state index contributed by atoms with van der Waals surface area (Å²) >= 11 is 0. The normalized spacial score (nSPS) is 11.4. The van der Waals surface area contributed by atoms with Crippen molar-refractivity contribution in [3.8, 4) is 0 Å². The van der Waals surface area contributed by atoms with Crippen LogP contribution in [0.3, 0.4) is 0 Å². The number of hydrogen-bond acceptors (Lipinski definition) is 2. The van der Waals surface area contributed by atoms with Gasteiger partial charge in [-0.1, -0.05) is 25.1 Å². The lowest BCUT2D eigenvalue weighted by Gasteiger charge is -2.23. The Bertz CT molecular complexity index is 282. The van der Waals surface area contributed by atoms with E-state index in [1.807, 2.05) is 18.2 Å². The van der Waals surface area contributed by atoms with Crippen molar-refractivity contribution in [2.24, 2.45) is 0 Å². The average Bonchev–Trinajstić information content (AvgIpc) is 2.30. The van der Waals surface area contributed by atoms with Crippen LogP contribution in [0, 0.1) is 0 Å². The zero-order chi connectivity index (χ0) is 11.9. The third-order valence-electron chi connectivity index (χ3n) is 2.77. The van der Waals surface area contributed by atoms with Crippen molar-refractivity contribution in [1.29, 1.82) is 0 Å². The summed E-state index contributed by atoms with van der Waals surface area (Å²) in [6.07, 6.45) is 2.09. The smallest absolute Gasteiger partial charge is 0.0623 e. The molecule has 0 heterocycles. The number of benzene rings is 1. The number of nitrogens with one attached hydrogen (secondary N) is 1. The van der Waals surface area contributed by atoms with Gasteiger partial charge in [0.15, 0.2) is 0 Å². The molecule has 1 rings (SSSR count). The van der Waals surface area contributed by atoms with Crippen LogP contribution in [0.25, 0.3) is 0 Å². The molecule has 0 saturated carbocycles. The summed E-state index contributed by atoms with van der Waals surface area (Å²) in [5, 5.41) is 3.37. The highest BCUT2D eigenvalue weighted by molar-refractivity contribution is 5.42. The Morgan fingerprint density at radius 3 is 2.50 bits per heavy atom. The highest BCUT2D eigenvalue weighted by atomic mass is 16.5. The van der Waals surface area contributed by atoms with E-state index in [0.717, 1.165) is 26.0 Å². The van der Waals surface area contributed by atoms with Gasteiger partial charge < -0.3 is 10.1 Å². The molecule has 0 aromatic heterocycles. The van der Waals surface area contributed by atoms with Crippen molar-refractivity contribution >= 4 is 5.69 Å². The summed E-state index contributed by atoms with van der Waals surface area (Å²) in [6.45, 7) is 8.21. The Morgan fingerprint density at radius 1 is 1.19 bits per heavy atom. The minimum atomic E-state index is 0.0206. The van der Waals surface area contributed by atoms with Gasteiger partial charge >= 0.3 is 0 Å². The number of anilines is 1. The second-order valence-corrected chi connectivity index (χ2v) is 4.61. The predicted octanol–water partition coefficient (Wildman–Crippen LogP) is 3.69. The summed E-state index contributed by atoms with van der Waals surface area (Å²) in [6, 6.07) is 10.3. The van der Waals surface area contributed by atoms with Gasteiger partial charge in [0.1, 0.15) is 0 Å². The molecule has 0 amide bonds. The maximum atomic E-state index is 5.78. The molecule has 0 fully saturated rings. The van der Waals surface area contributed by atoms with Crippen LogP contribution in [0.2, 0.25) is 0 Å².